The van der Waals surface area contributed by atoms with Gasteiger partial charge in [0.25, 0.3) is 0 Å². The number of hydrogen-bond acceptors (Lipinski definition) is 0. The maximum Gasteiger partial charge on any atom is 0.0838 e. The minimum Gasteiger partial charge on any atom is -0.113 e. The van der Waals surface area contributed by atoms with Crippen molar-refractivity contribution in [3.8, 4) is 0 Å². The highest BCUT2D eigenvalue weighted by atomic mass is 35.5. The van der Waals surface area contributed by atoms with Gasteiger partial charge in [-0.2, -0.15) is 0 Å². The largest absolute Gasteiger partial charge is 0.113 e. The van der Waals surface area contributed by atoms with Crippen molar-refractivity contribution in [2.45, 2.75) is 12.3 Å². The van der Waals surface area contributed by atoms with Crippen LogP contribution in [0, 0.1) is 6.92 Å². The number of aryl methyl sites for hydroxylation is 1. The Morgan fingerprint density at radius 3 is 2.12 bits per heavy atom. The highest BCUT2D eigenvalue weighted by molar-refractivity contribution is 6.31. The van der Waals surface area contributed by atoms with E-state index < -0.39 is 0 Å². The molecule has 0 fully saturated rings. The molecule has 0 bridgehead atoms. The number of halogens is 3. The molecule has 1 atom stereocenters. The van der Waals surface area contributed by atoms with Gasteiger partial charge in [-0.1, -0.05) is 41.4 Å². The van der Waals surface area contributed by atoms with Crippen LogP contribution in [0.3, 0.4) is 0 Å². The maximum atomic E-state index is 6.46. The highest BCUT2D eigenvalue weighted by Crippen LogP contribution is 2.33. The predicted octanol–water partition coefficient (Wildman–Crippen LogP) is 5.63. The highest BCUT2D eigenvalue weighted by Gasteiger charge is 2.13. The summed E-state index contributed by atoms with van der Waals surface area (Å²) >= 11 is 18.3. The summed E-state index contributed by atoms with van der Waals surface area (Å²) in [6.45, 7) is 2.02. The third-order valence-corrected chi connectivity index (χ3v) is 3.65. The van der Waals surface area contributed by atoms with E-state index in [0.29, 0.717) is 10.0 Å². The molecular weight excluding hydrogens is 275 g/mol. The molecule has 2 aromatic carbocycles. The Bertz CT molecular complexity index is 517. The van der Waals surface area contributed by atoms with Gasteiger partial charge in [0.05, 0.1) is 5.38 Å². The second-order valence-corrected chi connectivity index (χ2v) is 5.22. The Labute approximate surface area is 116 Å². The van der Waals surface area contributed by atoms with E-state index >= 15 is 0 Å². The van der Waals surface area contributed by atoms with Gasteiger partial charge in [0, 0.05) is 10.0 Å². The Balaban J connectivity index is 2.39. The van der Waals surface area contributed by atoms with Crippen molar-refractivity contribution in [2.24, 2.45) is 0 Å². The molecule has 0 radical (unpaired) electrons. The SMILES string of the molecule is Cc1ccc(Cl)cc1C(Cl)c1ccc(Cl)cc1. The van der Waals surface area contributed by atoms with E-state index in [9.17, 15) is 0 Å². The molecule has 1 unspecified atom stereocenters. The van der Waals surface area contributed by atoms with Gasteiger partial charge in [0.2, 0.25) is 0 Å². The van der Waals surface area contributed by atoms with E-state index in [1.54, 1.807) is 0 Å². The summed E-state index contributed by atoms with van der Waals surface area (Å²) in [7, 11) is 0. The quantitative estimate of drug-likeness (QED) is 0.627. The molecule has 0 aliphatic carbocycles. The number of benzene rings is 2. The van der Waals surface area contributed by atoms with Crippen molar-refractivity contribution in [3.05, 3.63) is 69.2 Å². The molecule has 3 heteroatoms. The second-order valence-electron chi connectivity index (χ2n) is 3.92. The first kappa shape index (κ1) is 12.8. The number of hydrogen-bond donors (Lipinski definition) is 0. The van der Waals surface area contributed by atoms with Crippen LogP contribution < -0.4 is 0 Å². The van der Waals surface area contributed by atoms with Crippen LogP contribution in [-0.4, -0.2) is 0 Å². The van der Waals surface area contributed by atoms with Gasteiger partial charge >= 0.3 is 0 Å². The Kier molecular flexibility index (Phi) is 3.98. The summed E-state index contributed by atoms with van der Waals surface area (Å²) in [5.41, 5.74) is 3.17. The standard InChI is InChI=1S/C14H11Cl3/c1-9-2-5-12(16)8-13(9)14(17)10-3-6-11(15)7-4-10/h2-8,14H,1H3. The van der Waals surface area contributed by atoms with Gasteiger partial charge in [-0.25, -0.2) is 0 Å². The zero-order valence-electron chi connectivity index (χ0n) is 9.25. The van der Waals surface area contributed by atoms with E-state index in [1.165, 1.54) is 0 Å². The first-order valence-electron chi connectivity index (χ1n) is 5.23. The minimum absolute atomic E-state index is 0.203. The molecule has 0 spiro atoms. The van der Waals surface area contributed by atoms with Gasteiger partial charge in [-0.05, 0) is 47.9 Å². The normalized spacial score (nSPS) is 12.5. The fourth-order valence-electron chi connectivity index (χ4n) is 1.70. The average Bonchev–Trinajstić information content (AvgIpc) is 2.32. The lowest BCUT2D eigenvalue weighted by Gasteiger charge is -2.13. The number of alkyl halides is 1. The molecule has 2 aromatic rings. The Hall–Kier alpha value is -0.690. The fourth-order valence-corrected chi connectivity index (χ4v) is 2.38. The summed E-state index contributed by atoms with van der Waals surface area (Å²) in [5, 5.41) is 1.21. The average molecular weight is 286 g/mol. The molecule has 0 aromatic heterocycles. The smallest absolute Gasteiger partial charge is 0.0838 e. The zero-order chi connectivity index (χ0) is 12.4. The van der Waals surface area contributed by atoms with E-state index in [-0.39, 0.29) is 5.38 Å². The summed E-state index contributed by atoms with van der Waals surface area (Å²) in [5.74, 6) is 0. The van der Waals surface area contributed by atoms with Gasteiger partial charge in [-0.15, -0.1) is 11.6 Å². The Morgan fingerprint density at radius 1 is 0.882 bits per heavy atom. The van der Waals surface area contributed by atoms with Gasteiger partial charge in [-0.3, -0.25) is 0 Å². The van der Waals surface area contributed by atoms with Gasteiger partial charge in [0.1, 0.15) is 0 Å². The molecule has 0 nitrogen and oxygen atoms in total. The van der Waals surface area contributed by atoms with Crippen LogP contribution in [0.2, 0.25) is 10.0 Å². The van der Waals surface area contributed by atoms with E-state index in [0.717, 1.165) is 16.7 Å². The molecule has 2 rings (SSSR count). The molecule has 0 saturated heterocycles. The summed E-state index contributed by atoms with van der Waals surface area (Å²) in [6.07, 6.45) is 0. The van der Waals surface area contributed by atoms with Crippen LogP contribution in [0.4, 0.5) is 0 Å². The Morgan fingerprint density at radius 2 is 1.47 bits per heavy atom. The first-order chi connectivity index (χ1) is 8.08. The molecule has 0 amide bonds. The van der Waals surface area contributed by atoms with E-state index in [4.69, 9.17) is 34.8 Å². The molecule has 0 aliphatic heterocycles. The lowest BCUT2D eigenvalue weighted by molar-refractivity contribution is 1.11. The third kappa shape index (κ3) is 2.95. The summed E-state index contributed by atoms with van der Waals surface area (Å²) in [4.78, 5) is 0. The molecule has 0 aliphatic rings. The van der Waals surface area contributed by atoms with Gasteiger partial charge < -0.3 is 0 Å². The van der Waals surface area contributed by atoms with Crippen LogP contribution in [0.1, 0.15) is 22.1 Å². The van der Waals surface area contributed by atoms with Crippen molar-refractivity contribution >= 4 is 34.8 Å². The van der Waals surface area contributed by atoms with E-state index in [2.05, 4.69) is 0 Å². The van der Waals surface area contributed by atoms with Crippen molar-refractivity contribution in [1.29, 1.82) is 0 Å². The van der Waals surface area contributed by atoms with Crippen LogP contribution in [0.25, 0.3) is 0 Å². The molecule has 0 heterocycles. The lowest BCUT2D eigenvalue weighted by atomic mass is 10.0. The van der Waals surface area contributed by atoms with Gasteiger partial charge in [0.15, 0.2) is 0 Å². The minimum atomic E-state index is -0.203. The van der Waals surface area contributed by atoms with Crippen molar-refractivity contribution < 1.29 is 0 Å². The van der Waals surface area contributed by atoms with Crippen molar-refractivity contribution in [3.63, 3.8) is 0 Å². The number of rotatable bonds is 2. The van der Waals surface area contributed by atoms with Crippen LogP contribution in [-0.2, 0) is 0 Å². The fraction of sp³-hybridized carbons (Fsp3) is 0.143. The topological polar surface area (TPSA) is 0 Å². The van der Waals surface area contributed by atoms with Crippen LogP contribution >= 0.6 is 34.8 Å². The molecule has 0 saturated carbocycles. The molecule has 17 heavy (non-hydrogen) atoms. The zero-order valence-corrected chi connectivity index (χ0v) is 11.5. The summed E-state index contributed by atoms with van der Waals surface area (Å²) < 4.78 is 0. The second kappa shape index (κ2) is 5.30. The monoisotopic (exact) mass is 284 g/mol. The maximum absolute atomic E-state index is 6.46. The van der Waals surface area contributed by atoms with Crippen LogP contribution in [0.5, 0.6) is 0 Å². The molecular formula is C14H11Cl3. The lowest BCUT2D eigenvalue weighted by Crippen LogP contribution is -1.96. The van der Waals surface area contributed by atoms with Crippen molar-refractivity contribution in [2.75, 3.05) is 0 Å². The summed E-state index contributed by atoms with van der Waals surface area (Å²) in [6, 6.07) is 13.3. The third-order valence-electron chi connectivity index (χ3n) is 2.68. The first-order valence-corrected chi connectivity index (χ1v) is 6.43. The van der Waals surface area contributed by atoms with Crippen molar-refractivity contribution in [1.82, 2.24) is 0 Å². The van der Waals surface area contributed by atoms with Crippen LogP contribution in [0.15, 0.2) is 42.5 Å². The predicted molar refractivity (Wildman–Crippen MR) is 75.3 cm³/mol. The molecule has 88 valence electrons. The van der Waals surface area contributed by atoms with E-state index in [1.807, 2.05) is 49.4 Å². The molecule has 0 N–H and O–H groups in total.